The minimum absolute atomic E-state index is 0.613. The summed E-state index contributed by atoms with van der Waals surface area (Å²) in [5, 5.41) is 7.53. The van der Waals surface area contributed by atoms with Gasteiger partial charge in [-0.2, -0.15) is 14.2 Å². The molecule has 0 atom stereocenters. The molecule has 0 fully saturated rings. The van der Waals surface area contributed by atoms with E-state index in [1.807, 2.05) is 0 Å². The Bertz CT molecular complexity index is 1570. The number of aromatic amines is 1. The molecule has 0 amide bonds. The number of nitrogens with one attached hydrogen (secondary N) is 1. The number of pyridine rings is 4. The second-order valence-corrected chi connectivity index (χ2v) is 10.1. The van der Waals surface area contributed by atoms with E-state index < -0.39 is 0 Å². The van der Waals surface area contributed by atoms with Crippen molar-refractivity contribution in [3.8, 4) is 22.3 Å². The van der Waals surface area contributed by atoms with Gasteiger partial charge in [-0.15, -0.1) is 0 Å². The maximum atomic E-state index is 4.71. The van der Waals surface area contributed by atoms with Crippen molar-refractivity contribution in [2.45, 2.75) is 26.2 Å². The Hall–Kier alpha value is -5.04. The molecule has 0 radical (unpaired) electrons. The number of benzene rings is 1. The highest BCUT2D eigenvalue weighted by Gasteiger charge is 2.14. The van der Waals surface area contributed by atoms with Crippen LogP contribution >= 0.6 is 0 Å². The molecule has 0 aliphatic carbocycles. The molecule has 14 aliphatic heterocycles. The molecule has 7 heteroatoms. The van der Waals surface area contributed by atoms with Crippen molar-refractivity contribution in [2.75, 3.05) is 0 Å². The van der Waals surface area contributed by atoms with Gasteiger partial charge in [0.15, 0.2) is 68.5 Å². The number of hydrogen-bond acceptors (Lipinski definition) is 2. The van der Waals surface area contributed by atoms with Gasteiger partial charge in [-0.3, -0.25) is 5.10 Å². The molecule has 0 saturated heterocycles. The second kappa shape index (κ2) is 10.0. The van der Waals surface area contributed by atoms with Crippen LogP contribution in [0.25, 0.3) is 22.3 Å². The summed E-state index contributed by atoms with van der Waals surface area (Å²) in [4.78, 5) is 4.71. The largest absolute Gasteiger partial charge is 0.257 e. The molecule has 1 aromatic carbocycles. The van der Waals surface area contributed by atoms with Crippen molar-refractivity contribution in [3.05, 3.63) is 145 Å². The minimum atomic E-state index is 0.613. The van der Waals surface area contributed by atoms with E-state index in [1.165, 1.54) is 33.4 Å². The third-order valence-electron chi connectivity index (χ3n) is 7.22. The molecule has 0 spiro atoms. The molecule has 12 bridgehead atoms. The molecule has 20 rings (SSSR count). The summed E-state index contributed by atoms with van der Waals surface area (Å²) in [7, 11) is 0. The molecule has 0 saturated carbocycles. The topological polar surface area (TPSA) is 57.1 Å². The Morgan fingerprint density at radius 1 is 0.436 bits per heavy atom. The first-order valence-electron chi connectivity index (χ1n) is 13.2. The lowest BCUT2D eigenvalue weighted by molar-refractivity contribution is -0.690. The van der Waals surface area contributed by atoms with Gasteiger partial charge in [-0.05, 0) is 22.3 Å². The Balaban J connectivity index is 1.20. The van der Waals surface area contributed by atoms with Crippen LogP contribution in [0.4, 0.5) is 0 Å². The van der Waals surface area contributed by atoms with Gasteiger partial charge in [-0.1, -0.05) is 24.3 Å². The average molecular weight is 512 g/mol. The van der Waals surface area contributed by atoms with E-state index in [-0.39, 0.29) is 0 Å². The maximum absolute atomic E-state index is 4.71. The Morgan fingerprint density at radius 2 is 0.795 bits per heavy atom. The highest BCUT2D eigenvalue weighted by molar-refractivity contribution is 5.61. The van der Waals surface area contributed by atoms with Crippen molar-refractivity contribution in [2.24, 2.45) is 0 Å². The summed E-state index contributed by atoms with van der Waals surface area (Å²) in [6.45, 7) is 2.93. The van der Waals surface area contributed by atoms with Gasteiger partial charge in [0.2, 0.25) is 18.9 Å². The van der Waals surface area contributed by atoms with Crippen molar-refractivity contribution in [1.82, 2.24) is 15.2 Å². The van der Waals surface area contributed by atoms with E-state index in [0.29, 0.717) is 13.1 Å². The zero-order valence-electron chi connectivity index (χ0n) is 21.6. The zero-order valence-corrected chi connectivity index (χ0v) is 21.6. The molecule has 39 heavy (non-hydrogen) atoms. The van der Waals surface area contributed by atoms with E-state index >= 15 is 0 Å². The third-order valence-corrected chi connectivity index (χ3v) is 7.22. The Kier molecular flexibility index (Phi) is 5.94. The van der Waals surface area contributed by atoms with Crippen molar-refractivity contribution in [1.29, 1.82) is 0 Å². The molecule has 5 aromatic heterocycles. The predicted molar refractivity (Wildman–Crippen MR) is 144 cm³/mol. The van der Waals surface area contributed by atoms with E-state index in [1.54, 1.807) is 0 Å². The average Bonchev–Trinajstić information content (AvgIpc) is 3.42. The predicted octanol–water partition coefficient (Wildman–Crippen LogP) is 2.80. The summed E-state index contributed by atoms with van der Waals surface area (Å²) in [6.07, 6.45) is 16.9. The van der Waals surface area contributed by atoms with Gasteiger partial charge in [0.1, 0.15) is 0 Å². The fourth-order valence-electron chi connectivity index (χ4n) is 5.00. The molecule has 7 nitrogen and oxygen atoms in total. The van der Waals surface area contributed by atoms with Crippen LogP contribution in [0.15, 0.2) is 122 Å². The van der Waals surface area contributed by atoms with Crippen LogP contribution in [-0.4, -0.2) is 15.2 Å². The fraction of sp³-hybridized carbons (Fsp3) is 0.125. The quantitative estimate of drug-likeness (QED) is 0.319. The molecular weight excluding hydrogens is 482 g/mol. The number of hydrogen-bond donors (Lipinski definition) is 1. The van der Waals surface area contributed by atoms with Crippen LogP contribution in [-0.2, 0) is 26.2 Å². The molecule has 14 aliphatic rings. The van der Waals surface area contributed by atoms with Crippen LogP contribution < -0.4 is 18.3 Å². The molecule has 0 unspecified atom stereocenters. The summed E-state index contributed by atoms with van der Waals surface area (Å²) >= 11 is 0. The highest BCUT2D eigenvalue weighted by atomic mass is 15.2. The van der Waals surface area contributed by atoms with E-state index in [9.17, 15) is 0 Å². The van der Waals surface area contributed by atoms with Crippen LogP contribution in [0, 0.1) is 0 Å². The smallest absolute Gasteiger partial charge is 0.216 e. The van der Waals surface area contributed by atoms with Crippen LogP contribution in [0.2, 0.25) is 0 Å². The van der Waals surface area contributed by atoms with E-state index in [0.717, 1.165) is 24.7 Å². The van der Waals surface area contributed by atoms with Gasteiger partial charge < -0.3 is 0 Å². The lowest BCUT2D eigenvalue weighted by Crippen LogP contribution is -2.34. The summed E-state index contributed by atoms with van der Waals surface area (Å²) in [5.41, 5.74) is 7.32. The van der Waals surface area contributed by atoms with E-state index in [4.69, 9.17) is 4.98 Å². The minimum Gasteiger partial charge on any atom is -0.257 e. The molecule has 188 valence electrons. The SMILES string of the molecule is c1cc2ccc1C[n+]1ccc(cc1)-c1cc[n+](cc1)Cc1n[nH]c(n1)C[n+]1ccc(cc1)-c1cc[n+](cc1)C2. The van der Waals surface area contributed by atoms with Crippen molar-refractivity contribution < 1.29 is 18.3 Å². The molecule has 6 aromatic rings. The second-order valence-electron chi connectivity index (χ2n) is 10.1. The van der Waals surface area contributed by atoms with Crippen molar-refractivity contribution in [3.63, 3.8) is 0 Å². The van der Waals surface area contributed by atoms with Crippen LogP contribution in [0.3, 0.4) is 0 Å². The summed E-state index contributed by atoms with van der Waals surface area (Å²) in [5.74, 6) is 1.60. The number of aromatic nitrogens is 7. The van der Waals surface area contributed by atoms with Gasteiger partial charge in [-0.25, -0.2) is 14.1 Å². The molecule has 19 heterocycles. The van der Waals surface area contributed by atoms with Crippen LogP contribution in [0.1, 0.15) is 22.8 Å². The normalized spacial score (nSPS) is 12.7. The van der Waals surface area contributed by atoms with Crippen LogP contribution in [0.5, 0.6) is 0 Å². The van der Waals surface area contributed by atoms with Gasteiger partial charge in [0.05, 0.1) is 0 Å². The lowest BCUT2D eigenvalue weighted by Gasteiger charge is -2.03. The highest BCUT2D eigenvalue weighted by Crippen LogP contribution is 2.17. The number of H-pyrrole nitrogens is 1. The monoisotopic (exact) mass is 511 g/mol. The number of nitrogens with zero attached hydrogens (tertiary/aromatic N) is 6. The molecule has 1 N–H and O–H groups in total. The summed E-state index contributed by atoms with van der Waals surface area (Å²) < 4.78 is 8.64. The van der Waals surface area contributed by atoms with Gasteiger partial charge >= 0.3 is 0 Å². The number of rotatable bonds is 0. The first-order chi connectivity index (χ1) is 19.2. The standard InChI is InChI=1S/C32H28N7/c1-2-26-4-3-25(1)21-36-13-5-27(6-14-36)29-9-17-38(18-10-29)23-31-33-32(35-34-31)24-39-19-11-30(12-20-39)28-7-15-37(22-26)16-8-28/h1-20H,21-24H2/q+3/p+1. The van der Waals surface area contributed by atoms with Crippen molar-refractivity contribution >= 4 is 0 Å². The first kappa shape index (κ1) is 23.1. The molecular formula is C32H29N7+4. The van der Waals surface area contributed by atoms with Gasteiger partial charge in [0, 0.05) is 59.7 Å². The fourth-order valence-corrected chi connectivity index (χ4v) is 5.00. The van der Waals surface area contributed by atoms with E-state index in [2.05, 4.69) is 151 Å². The third kappa shape index (κ3) is 5.20. The lowest BCUT2D eigenvalue weighted by atomic mass is 10.1. The zero-order chi connectivity index (χ0) is 26.0. The van der Waals surface area contributed by atoms with Gasteiger partial charge in [0.25, 0.3) is 0 Å². The Morgan fingerprint density at radius 3 is 1.21 bits per heavy atom. The Labute approximate surface area is 227 Å². The first-order valence-corrected chi connectivity index (χ1v) is 13.2. The summed E-state index contributed by atoms with van der Waals surface area (Å²) in [6, 6.07) is 26.2. The maximum Gasteiger partial charge on any atom is 0.216 e.